The Kier molecular flexibility index (Phi) is 6.65. The van der Waals surface area contributed by atoms with Gasteiger partial charge in [-0.25, -0.2) is 9.18 Å². The lowest BCUT2D eigenvalue weighted by Crippen LogP contribution is -2.49. The summed E-state index contributed by atoms with van der Waals surface area (Å²) in [4.78, 5) is 24.3. The SMILES string of the molecule is CC(C)N1CCN(c2cccc(Cl)c2NC(=O)N2CCC(C)(c3noc([C@@H]4C[C@H]4F)n3)CC2)CC1. The Morgan fingerprint density at radius 2 is 1.89 bits per heavy atom. The molecule has 2 aromatic rings. The monoisotopic (exact) mass is 504 g/mol. The van der Waals surface area contributed by atoms with Crippen LogP contribution in [0.5, 0.6) is 0 Å². The second-order valence-electron chi connectivity index (χ2n) is 10.5. The van der Waals surface area contributed by atoms with E-state index in [1.54, 1.807) is 0 Å². The number of nitrogens with zero attached hydrogens (tertiary/aromatic N) is 5. The van der Waals surface area contributed by atoms with Gasteiger partial charge in [-0.3, -0.25) is 4.90 Å². The maximum Gasteiger partial charge on any atom is 0.321 e. The number of piperidine rings is 1. The summed E-state index contributed by atoms with van der Waals surface area (Å²) >= 11 is 6.56. The zero-order valence-electron chi connectivity index (χ0n) is 20.6. The molecule has 5 rings (SSSR count). The van der Waals surface area contributed by atoms with Gasteiger partial charge in [-0.1, -0.05) is 29.7 Å². The third-order valence-electron chi connectivity index (χ3n) is 7.77. The van der Waals surface area contributed by atoms with Crippen LogP contribution < -0.4 is 10.2 Å². The average molecular weight is 505 g/mol. The van der Waals surface area contributed by atoms with Crippen molar-refractivity contribution in [3.63, 3.8) is 0 Å². The summed E-state index contributed by atoms with van der Waals surface area (Å²) in [6, 6.07) is 6.13. The number of benzene rings is 1. The van der Waals surface area contributed by atoms with Crippen LogP contribution in [0.2, 0.25) is 5.02 Å². The van der Waals surface area contributed by atoms with Crippen LogP contribution in [0.1, 0.15) is 57.7 Å². The van der Waals surface area contributed by atoms with Gasteiger partial charge < -0.3 is 19.6 Å². The van der Waals surface area contributed by atoms with Crippen molar-refractivity contribution in [2.75, 3.05) is 49.5 Å². The normalized spacial score (nSPS) is 24.6. The highest BCUT2D eigenvalue weighted by Crippen LogP contribution is 2.44. The number of carbonyl (C=O) groups excluding carboxylic acids is 1. The summed E-state index contributed by atoms with van der Waals surface area (Å²) in [5, 5.41) is 7.76. The molecule has 1 saturated carbocycles. The van der Waals surface area contributed by atoms with Gasteiger partial charge >= 0.3 is 6.03 Å². The van der Waals surface area contributed by atoms with Crippen molar-refractivity contribution in [3.8, 4) is 0 Å². The lowest BCUT2D eigenvalue weighted by molar-refractivity contribution is 0.169. The van der Waals surface area contributed by atoms with Gasteiger partial charge in [0.15, 0.2) is 5.82 Å². The average Bonchev–Trinajstić information content (AvgIpc) is 3.36. The molecule has 1 aliphatic carbocycles. The fraction of sp³-hybridized carbons (Fsp3) is 0.640. The molecule has 35 heavy (non-hydrogen) atoms. The van der Waals surface area contributed by atoms with Gasteiger partial charge in [-0.15, -0.1) is 0 Å². The van der Waals surface area contributed by atoms with Gasteiger partial charge in [0.2, 0.25) is 5.89 Å². The Labute approximate surface area is 210 Å². The lowest BCUT2D eigenvalue weighted by atomic mass is 9.80. The molecule has 1 aromatic heterocycles. The maximum absolute atomic E-state index is 13.4. The first-order valence-electron chi connectivity index (χ1n) is 12.6. The van der Waals surface area contributed by atoms with Crippen LogP contribution in [0.4, 0.5) is 20.6 Å². The Hall–Kier alpha value is -2.39. The number of hydrogen-bond acceptors (Lipinski definition) is 6. The number of likely N-dealkylation sites (tertiary alicyclic amines) is 1. The van der Waals surface area contributed by atoms with Crippen molar-refractivity contribution >= 4 is 29.0 Å². The lowest BCUT2D eigenvalue weighted by Gasteiger charge is -2.39. The van der Waals surface area contributed by atoms with E-state index in [1.165, 1.54) is 0 Å². The van der Waals surface area contributed by atoms with Crippen molar-refractivity contribution in [1.29, 1.82) is 0 Å². The molecule has 10 heteroatoms. The minimum atomic E-state index is -0.865. The predicted octanol–water partition coefficient (Wildman–Crippen LogP) is 4.66. The topological polar surface area (TPSA) is 77.7 Å². The number of urea groups is 1. The third kappa shape index (κ3) is 4.98. The molecule has 3 heterocycles. The van der Waals surface area contributed by atoms with Crippen molar-refractivity contribution in [1.82, 2.24) is 19.9 Å². The van der Waals surface area contributed by atoms with Crippen LogP contribution in [0, 0.1) is 0 Å². The van der Waals surface area contributed by atoms with Crippen LogP contribution in [-0.2, 0) is 5.41 Å². The molecule has 0 radical (unpaired) electrons. The van der Waals surface area contributed by atoms with Crippen LogP contribution in [0.3, 0.4) is 0 Å². The fourth-order valence-corrected chi connectivity index (χ4v) is 5.26. The smallest absolute Gasteiger partial charge is 0.321 e. The van der Waals surface area contributed by atoms with Gasteiger partial charge in [0.25, 0.3) is 0 Å². The molecule has 3 aliphatic rings. The summed E-state index contributed by atoms with van der Waals surface area (Å²) < 4.78 is 18.7. The number of anilines is 2. The molecule has 2 aliphatic heterocycles. The number of piperazine rings is 1. The Morgan fingerprint density at radius 3 is 2.51 bits per heavy atom. The fourth-order valence-electron chi connectivity index (χ4n) is 5.04. The summed E-state index contributed by atoms with van der Waals surface area (Å²) in [5.74, 6) is 0.763. The van der Waals surface area contributed by atoms with Crippen LogP contribution in [0.25, 0.3) is 0 Å². The van der Waals surface area contributed by atoms with E-state index in [2.05, 4.69) is 46.0 Å². The zero-order chi connectivity index (χ0) is 24.7. The molecule has 190 valence electrons. The van der Waals surface area contributed by atoms with Crippen molar-refractivity contribution in [2.24, 2.45) is 0 Å². The standard InChI is InChI=1S/C25H34ClFN6O2/c1-16(2)31-11-13-32(14-12-31)20-6-4-5-18(26)21(20)28-24(34)33-9-7-25(3,8-10-33)23-29-22(35-30-23)17-15-19(17)27/h4-6,16-17,19H,7-15H2,1-3H3,(H,28,34)/t17-,19-/m1/s1. The maximum atomic E-state index is 13.4. The predicted molar refractivity (Wildman–Crippen MR) is 134 cm³/mol. The number of nitrogens with one attached hydrogen (secondary N) is 1. The zero-order valence-corrected chi connectivity index (χ0v) is 21.4. The van der Waals surface area contributed by atoms with Crippen LogP contribution >= 0.6 is 11.6 Å². The third-order valence-corrected chi connectivity index (χ3v) is 8.09. The van der Waals surface area contributed by atoms with Gasteiger partial charge in [0, 0.05) is 50.7 Å². The minimum Gasteiger partial charge on any atom is -0.367 e. The first kappa shape index (κ1) is 24.3. The molecular formula is C25H34ClFN6O2. The highest BCUT2D eigenvalue weighted by atomic mass is 35.5. The molecule has 1 aromatic carbocycles. The Morgan fingerprint density at radius 1 is 1.20 bits per heavy atom. The van der Waals surface area contributed by atoms with Crippen molar-refractivity contribution in [3.05, 3.63) is 34.9 Å². The summed E-state index contributed by atoms with van der Waals surface area (Å²) in [5.41, 5.74) is 1.32. The molecule has 1 N–H and O–H groups in total. The highest BCUT2D eigenvalue weighted by Gasteiger charge is 2.45. The van der Waals surface area contributed by atoms with Gasteiger partial charge in [-0.2, -0.15) is 4.98 Å². The second kappa shape index (κ2) is 9.58. The number of hydrogen-bond donors (Lipinski definition) is 1. The first-order valence-corrected chi connectivity index (χ1v) is 12.9. The molecule has 2 atom stereocenters. The van der Waals surface area contributed by atoms with E-state index in [0.717, 1.165) is 31.9 Å². The Balaban J connectivity index is 1.22. The number of halogens is 2. The van der Waals surface area contributed by atoms with E-state index < -0.39 is 6.17 Å². The molecule has 8 nitrogen and oxygen atoms in total. The van der Waals surface area contributed by atoms with E-state index in [4.69, 9.17) is 16.1 Å². The second-order valence-corrected chi connectivity index (χ2v) is 11.0. The van der Waals surface area contributed by atoms with Gasteiger partial charge in [-0.05, 0) is 45.2 Å². The summed E-state index contributed by atoms with van der Waals surface area (Å²) in [6.45, 7) is 11.4. The van der Waals surface area contributed by atoms with Gasteiger partial charge in [0.1, 0.15) is 6.17 Å². The van der Waals surface area contributed by atoms with Crippen molar-refractivity contribution in [2.45, 2.75) is 63.6 Å². The number of aromatic nitrogens is 2. The van der Waals surface area contributed by atoms with E-state index in [9.17, 15) is 9.18 Å². The molecule has 2 amide bonds. The first-order chi connectivity index (χ1) is 16.7. The number of para-hydroxylation sites is 1. The molecule has 0 spiro atoms. The van der Waals surface area contributed by atoms with E-state index in [1.807, 2.05) is 23.1 Å². The van der Waals surface area contributed by atoms with Crippen LogP contribution in [0.15, 0.2) is 22.7 Å². The quantitative estimate of drug-likeness (QED) is 0.638. The summed E-state index contributed by atoms with van der Waals surface area (Å²) in [7, 11) is 0. The van der Waals surface area contributed by atoms with Crippen LogP contribution in [-0.4, -0.2) is 77.5 Å². The molecule has 3 fully saturated rings. The minimum absolute atomic E-state index is 0.158. The molecule has 0 bridgehead atoms. The largest absolute Gasteiger partial charge is 0.367 e. The molecule has 0 unspecified atom stereocenters. The molecule has 2 saturated heterocycles. The number of rotatable bonds is 5. The Bertz CT molecular complexity index is 1060. The van der Waals surface area contributed by atoms with E-state index >= 15 is 0 Å². The van der Waals surface area contributed by atoms with Gasteiger partial charge in [0.05, 0.1) is 22.3 Å². The molecular weight excluding hydrogens is 471 g/mol. The van der Waals surface area contributed by atoms with E-state index in [0.29, 0.717) is 60.8 Å². The number of carbonyl (C=O) groups is 1. The van der Waals surface area contributed by atoms with Crippen molar-refractivity contribution < 1.29 is 13.7 Å². The summed E-state index contributed by atoms with van der Waals surface area (Å²) in [6.07, 6.45) is 1.00. The number of alkyl halides is 1. The van der Waals surface area contributed by atoms with E-state index in [-0.39, 0.29) is 17.4 Å². The highest BCUT2D eigenvalue weighted by molar-refractivity contribution is 6.34. The number of amides is 2.